The Hall–Kier alpha value is -1.64. The van der Waals surface area contributed by atoms with Gasteiger partial charge >= 0.3 is 5.97 Å². The Morgan fingerprint density at radius 2 is 1.89 bits per heavy atom. The lowest BCUT2D eigenvalue weighted by atomic mass is 10.2. The molecule has 0 bridgehead atoms. The molecule has 148 valence electrons. The van der Waals surface area contributed by atoms with Gasteiger partial charge in [-0.1, -0.05) is 18.0 Å². The molecular weight excluding hydrogens is 392 g/mol. The van der Waals surface area contributed by atoms with Gasteiger partial charge in [-0.15, -0.1) is 0 Å². The Balaban J connectivity index is 1.72. The average Bonchev–Trinajstić information content (AvgIpc) is 3.49. The quantitative estimate of drug-likeness (QED) is 0.722. The summed E-state index contributed by atoms with van der Waals surface area (Å²) in [5.41, 5.74) is 0.175. The number of halogens is 1. The third-order valence-electron chi connectivity index (χ3n) is 4.72. The number of carbonyl (C=O) groups is 2. The van der Waals surface area contributed by atoms with E-state index in [2.05, 4.69) is 5.32 Å². The Morgan fingerprint density at radius 3 is 2.52 bits per heavy atom. The molecule has 3 rings (SSSR count). The normalized spacial score (nSPS) is 19.3. The number of benzene rings is 1. The molecule has 1 saturated heterocycles. The first-order chi connectivity index (χ1) is 12.8. The molecular formula is C18H23ClN2O5S. The van der Waals surface area contributed by atoms with Crippen LogP contribution < -0.4 is 5.32 Å². The van der Waals surface area contributed by atoms with Crippen molar-refractivity contribution in [2.45, 2.75) is 50.0 Å². The third-order valence-corrected chi connectivity index (χ3v) is 6.95. The van der Waals surface area contributed by atoms with E-state index in [4.69, 9.17) is 16.3 Å². The lowest BCUT2D eigenvalue weighted by Crippen LogP contribution is -2.35. The molecule has 1 heterocycles. The van der Waals surface area contributed by atoms with E-state index in [0.29, 0.717) is 13.1 Å². The van der Waals surface area contributed by atoms with Gasteiger partial charge in [0.05, 0.1) is 21.5 Å². The molecule has 1 aliphatic heterocycles. The number of carbonyl (C=O) groups excluding carboxylic acids is 2. The van der Waals surface area contributed by atoms with Crippen LogP contribution in [-0.4, -0.2) is 43.8 Å². The van der Waals surface area contributed by atoms with Crippen molar-refractivity contribution in [2.75, 3.05) is 18.4 Å². The van der Waals surface area contributed by atoms with Crippen LogP contribution in [-0.2, 0) is 24.3 Å². The highest BCUT2D eigenvalue weighted by molar-refractivity contribution is 7.89. The number of anilines is 1. The van der Waals surface area contributed by atoms with Crippen LogP contribution in [0.4, 0.5) is 5.69 Å². The Bertz CT molecular complexity index is 832. The van der Waals surface area contributed by atoms with Crippen LogP contribution in [0.5, 0.6) is 0 Å². The molecule has 9 heteroatoms. The summed E-state index contributed by atoms with van der Waals surface area (Å²) in [6, 6.07) is 4.22. The van der Waals surface area contributed by atoms with E-state index in [0.717, 1.165) is 32.1 Å². The molecule has 1 N–H and O–H groups in total. The summed E-state index contributed by atoms with van der Waals surface area (Å²) in [5.74, 6) is -1.05. The fraction of sp³-hybridized carbons (Fsp3) is 0.556. The first-order valence-corrected chi connectivity index (χ1v) is 10.9. The summed E-state index contributed by atoms with van der Waals surface area (Å²) in [5, 5.41) is 2.77. The van der Waals surface area contributed by atoms with Crippen molar-refractivity contribution >= 4 is 39.2 Å². The topological polar surface area (TPSA) is 92.8 Å². The second-order valence-electron chi connectivity index (χ2n) is 6.95. The van der Waals surface area contributed by atoms with Crippen LogP contribution >= 0.6 is 11.6 Å². The van der Waals surface area contributed by atoms with Crippen LogP contribution in [0, 0.1) is 5.92 Å². The zero-order chi connectivity index (χ0) is 19.6. The number of nitrogens with zero attached hydrogens (tertiary/aromatic N) is 1. The van der Waals surface area contributed by atoms with Crippen molar-refractivity contribution in [2.24, 2.45) is 5.92 Å². The van der Waals surface area contributed by atoms with E-state index in [1.165, 1.54) is 29.4 Å². The highest BCUT2D eigenvalue weighted by Crippen LogP contribution is 2.31. The molecule has 1 amide bonds. The zero-order valence-corrected chi connectivity index (χ0v) is 16.7. The fourth-order valence-electron chi connectivity index (χ4n) is 2.89. The molecule has 2 aliphatic rings. The standard InChI is InChI=1S/C18H23ClN2O5S/c1-12(26-18(23)13-5-6-13)17(22)20-16-11-14(7-8-15(16)19)27(24,25)21-9-3-2-4-10-21/h7-8,11-13H,2-6,9-10H2,1H3,(H,20,22). The van der Waals surface area contributed by atoms with Crippen LogP contribution in [0.15, 0.2) is 23.1 Å². The molecule has 0 spiro atoms. The average molecular weight is 415 g/mol. The second-order valence-corrected chi connectivity index (χ2v) is 9.29. The first kappa shape index (κ1) is 20.1. The summed E-state index contributed by atoms with van der Waals surface area (Å²) in [6.45, 7) is 2.44. The molecule has 7 nitrogen and oxygen atoms in total. The maximum absolute atomic E-state index is 12.8. The minimum Gasteiger partial charge on any atom is -0.452 e. The number of piperidine rings is 1. The van der Waals surface area contributed by atoms with Crippen LogP contribution in [0.25, 0.3) is 0 Å². The van der Waals surface area contributed by atoms with Crippen molar-refractivity contribution in [1.29, 1.82) is 0 Å². The SMILES string of the molecule is CC(OC(=O)C1CC1)C(=O)Nc1cc(S(=O)(=O)N2CCCCC2)ccc1Cl. The number of nitrogens with one attached hydrogen (secondary N) is 1. The van der Waals surface area contributed by atoms with Crippen molar-refractivity contribution in [3.8, 4) is 0 Å². The van der Waals surface area contributed by atoms with Gasteiger partial charge in [0.1, 0.15) is 0 Å². The number of esters is 1. The Morgan fingerprint density at radius 1 is 1.22 bits per heavy atom. The third kappa shape index (κ3) is 4.80. The molecule has 2 fully saturated rings. The Kier molecular flexibility index (Phi) is 6.08. The summed E-state index contributed by atoms with van der Waals surface area (Å²) < 4.78 is 32.2. The summed E-state index contributed by atoms with van der Waals surface area (Å²) in [6.07, 6.45) is 3.27. The van der Waals surface area contributed by atoms with Gasteiger partial charge in [-0.3, -0.25) is 9.59 Å². The number of hydrogen-bond donors (Lipinski definition) is 1. The summed E-state index contributed by atoms with van der Waals surface area (Å²) >= 11 is 6.12. The van der Waals surface area contributed by atoms with E-state index in [9.17, 15) is 18.0 Å². The smallest absolute Gasteiger partial charge is 0.309 e. The number of hydrogen-bond acceptors (Lipinski definition) is 5. The van der Waals surface area contributed by atoms with Gasteiger partial charge in [0.2, 0.25) is 10.0 Å². The predicted octanol–water partition coefficient (Wildman–Crippen LogP) is 2.79. The molecule has 0 aromatic heterocycles. The lowest BCUT2D eigenvalue weighted by Gasteiger charge is -2.26. The van der Waals surface area contributed by atoms with E-state index < -0.39 is 22.0 Å². The number of ether oxygens (including phenoxy) is 1. The van der Waals surface area contributed by atoms with Gasteiger partial charge in [0.15, 0.2) is 6.10 Å². The molecule has 1 saturated carbocycles. The molecule has 1 aromatic carbocycles. The number of sulfonamides is 1. The largest absolute Gasteiger partial charge is 0.452 e. The summed E-state index contributed by atoms with van der Waals surface area (Å²) in [7, 11) is -3.64. The van der Waals surface area contributed by atoms with Crippen molar-refractivity contribution < 1.29 is 22.7 Å². The van der Waals surface area contributed by atoms with E-state index in [-0.39, 0.29) is 27.5 Å². The molecule has 0 radical (unpaired) electrons. The zero-order valence-electron chi connectivity index (χ0n) is 15.1. The minimum absolute atomic E-state index is 0.0757. The van der Waals surface area contributed by atoms with Crippen LogP contribution in [0.1, 0.15) is 39.0 Å². The fourth-order valence-corrected chi connectivity index (χ4v) is 4.60. The van der Waals surface area contributed by atoms with E-state index in [1.54, 1.807) is 0 Å². The molecule has 1 aliphatic carbocycles. The number of rotatable bonds is 6. The maximum atomic E-state index is 12.8. The van der Waals surface area contributed by atoms with Crippen LogP contribution in [0.3, 0.4) is 0 Å². The molecule has 27 heavy (non-hydrogen) atoms. The molecule has 1 unspecified atom stereocenters. The highest BCUT2D eigenvalue weighted by atomic mass is 35.5. The molecule has 1 aromatic rings. The van der Waals surface area contributed by atoms with Gasteiger partial charge in [0.25, 0.3) is 5.91 Å². The summed E-state index contributed by atoms with van der Waals surface area (Å²) in [4.78, 5) is 24.1. The molecule has 1 atom stereocenters. The van der Waals surface area contributed by atoms with Gasteiger partial charge in [-0.2, -0.15) is 4.31 Å². The van der Waals surface area contributed by atoms with Gasteiger partial charge < -0.3 is 10.1 Å². The van der Waals surface area contributed by atoms with Crippen molar-refractivity contribution in [3.63, 3.8) is 0 Å². The van der Waals surface area contributed by atoms with Gasteiger partial charge in [-0.25, -0.2) is 8.42 Å². The minimum atomic E-state index is -3.64. The van der Waals surface area contributed by atoms with Crippen molar-refractivity contribution in [1.82, 2.24) is 4.31 Å². The maximum Gasteiger partial charge on any atom is 0.309 e. The van der Waals surface area contributed by atoms with Gasteiger partial charge in [-0.05, 0) is 50.8 Å². The highest BCUT2D eigenvalue weighted by Gasteiger charge is 2.33. The monoisotopic (exact) mass is 414 g/mol. The Labute approximate surface area is 164 Å². The van der Waals surface area contributed by atoms with E-state index >= 15 is 0 Å². The first-order valence-electron chi connectivity index (χ1n) is 9.10. The van der Waals surface area contributed by atoms with Crippen molar-refractivity contribution in [3.05, 3.63) is 23.2 Å². The van der Waals surface area contributed by atoms with E-state index in [1.807, 2.05) is 0 Å². The number of amides is 1. The van der Waals surface area contributed by atoms with Crippen LogP contribution in [0.2, 0.25) is 5.02 Å². The second kappa shape index (κ2) is 8.16. The van der Waals surface area contributed by atoms with Gasteiger partial charge in [0, 0.05) is 13.1 Å². The predicted molar refractivity (Wildman–Crippen MR) is 101 cm³/mol. The lowest BCUT2D eigenvalue weighted by molar-refractivity contribution is -0.154.